The molecule has 1 aliphatic heterocycles. The minimum atomic E-state index is -0.0654. The molecule has 11 nitrogen and oxygen atoms in total. The van der Waals surface area contributed by atoms with Crippen molar-refractivity contribution in [1.29, 1.82) is 0 Å². The van der Waals surface area contributed by atoms with Gasteiger partial charge in [-0.05, 0) is 63.0 Å². The van der Waals surface area contributed by atoms with Crippen LogP contribution in [0.3, 0.4) is 0 Å². The predicted molar refractivity (Wildman–Crippen MR) is 158 cm³/mol. The lowest BCUT2D eigenvalue weighted by Gasteiger charge is -2.16. The second-order valence-corrected chi connectivity index (χ2v) is 10.1. The predicted octanol–water partition coefficient (Wildman–Crippen LogP) is 4.55. The Morgan fingerprint density at radius 3 is 2.80 bits per heavy atom. The van der Waals surface area contributed by atoms with Crippen molar-refractivity contribution in [2.45, 2.75) is 6.92 Å². The van der Waals surface area contributed by atoms with E-state index < -0.39 is 0 Å². The van der Waals surface area contributed by atoms with Gasteiger partial charge in [0.05, 0.1) is 5.52 Å². The van der Waals surface area contributed by atoms with Crippen molar-refractivity contribution in [2.24, 2.45) is 5.92 Å². The van der Waals surface area contributed by atoms with Crippen molar-refractivity contribution < 1.29 is 9.53 Å². The van der Waals surface area contributed by atoms with Crippen molar-refractivity contribution in [3.63, 3.8) is 0 Å². The fourth-order valence-corrected chi connectivity index (χ4v) is 4.75. The molecule has 4 aromatic heterocycles. The molecule has 0 saturated carbocycles. The number of nitrogens with zero attached hydrogens (tertiary/aromatic N) is 8. The average molecular weight is 548 g/mol. The van der Waals surface area contributed by atoms with Crippen LogP contribution in [-0.2, 0) is 4.79 Å². The normalized spacial score (nSPS) is 16.3. The molecular formula is C30H29N9O2. The molecule has 0 aliphatic carbocycles. The van der Waals surface area contributed by atoms with Gasteiger partial charge in [0, 0.05) is 42.5 Å². The van der Waals surface area contributed by atoms with Crippen LogP contribution in [0.4, 0.5) is 17.3 Å². The number of carbonyl (C=O) groups is 1. The average Bonchev–Trinajstić information content (AvgIpc) is 3.56. The van der Waals surface area contributed by atoms with Gasteiger partial charge in [0.25, 0.3) is 5.91 Å². The summed E-state index contributed by atoms with van der Waals surface area (Å²) in [6.45, 7) is 7.07. The van der Waals surface area contributed by atoms with E-state index in [1.54, 1.807) is 15.6 Å². The number of pyridine rings is 2. The fourth-order valence-electron chi connectivity index (χ4n) is 4.75. The van der Waals surface area contributed by atoms with E-state index >= 15 is 0 Å². The highest BCUT2D eigenvalue weighted by atomic mass is 16.5. The van der Waals surface area contributed by atoms with Gasteiger partial charge in [-0.2, -0.15) is 5.10 Å². The zero-order valence-electron chi connectivity index (χ0n) is 23.0. The van der Waals surface area contributed by atoms with E-state index in [9.17, 15) is 4.79 Å². The van der Waals surface area contributed by atoms with Crippen LogP contribution in [0.2, 0.25) is 0 Å². The van der Waals surface area contributed by atoms with Crippen LogP contribution in [0.5, 0.6) is 11.5 Å². The van der Waals surface area contributed by atoms with Crippen molar-refractivity contribution in [1.82, 2.24) is 34.4 Å². The monoisotopic (exact) mass is 547 g/mol. The van der Waals surface area contributed by atoms with Crippen LogP contribution in [0.25, 0.3) is 16.7 Å². The van der Waals surface area contributed by atoms with Crippen LogP contribution >= 0.6 is 0 Å². The second-order valence-electron chi connectivity index (χ2n) is 10.1. The summed E-state index contributed by atoms with van der Waals surface area (Å²) in [4.78, 5) is 34.9. The standard InChI is InChI=1S/C30H29N9O2/c1-5-20-16-38(30(40)23(20)11-12-37(3)4)26-9-7-24-28(36-26)29(33-17-31-24)35-21-6-8-25(19(2)14-21)41-22-10-13-39-27(15-22)32-18-34-39/h5-11,13-15,17-18,20H,1,12,16H2,2-4H3,(H,31,33,35)/b23-11+/t20-/m1/s1. The smallest absolute Gasteiger partial charge is 0.255 e. The maximum Gasteiger partial charge on any atom is 0.255 e. The number of hydrogen-bond acceptors (Lipinski definition) is 9. The quantitative estimate of drug-likeness (QED) is 0.221. The van der Waals surface area contributed by atoms with Crippen molar-refractivity contribution in [2.75, 3.05) is 37.4 Å². The number of aryl methyl sites for hydroxylation is 1. The number of carbonyl (C=O) groups excluding carboxylic acids is 1. The number of amides is 1. The van der Waals surface area contributed by atoms with E-state index in [0.29, 0.717) is 47.2 Å². The van der Waals surface area contributed by atoms with Gasteiger partial charge in [-0.25, -0.2) is 24.5 Å². The van der Waals surface area contributed by atoms with E-state index in [1.807, 2.05) is 80.5 Å². The van der Waals surface area contributed by atoms with Gasteiger partial charge in [-0.15, -0.1) is 6.58 Å². The molecular weight excluding hydrogens is 518 g/mol. The summed E-state index contributed by atoms with van der Waals surface area (Å²) in [6.07, 6.45) is 8.58. The lowest BCUT2D eigenvalue weighted by Crippen LogP contribution is -2.26. The third-order valence-corrected chi connectivity index (χ3v) is 6.89. The molecule has 41 heavy (non-hydrogen) atoms. The van der Waals surface area contributed by atoms with Gasteiger partial charge in [-0.1, -0.05) is 12.2 Å². The molecule has 1 aliphatic rings. The fraction of sp³-hybridized carbons (Fsp3) is 0.200. The maximum atomic E-state index is 13.3. The summed E-state index contributed by atoms with van der Waals surface area (Å²) >= 11 is 0. The van der Waals surface area contributed by atoms with Gasteiger partial charge in [0.2, 0.25) is 0 Å². The molecule has 206 valence electrons. The molecule has 0 spiro atoms. The minimum absolute atomic E-state index is 0.0634. The Morgan fingerprint density at radius 1 is 1.12 bits per heavy atom. The second kappa shape index (κ2) is 10.8. The Hall–Kier alpha value is -5.16. The van der Waals surface area contributed by atoms with E-state index in [2.05, 4.69) is 31.9 Å². The molecule has 11 heteroatoms. The maximum absolute atomic E-state index is 13.3. The zero-order valence-corrected chi connectivity index (χ0v) is 23.0. The minimum Gasteiger partial charge on any atom is -0.457 e. The molecule has 5 aromatic rings. The third kappa shape index (κ3) is 5.22. The molecule has 1 amide bonds. The first-order valence-electron chi connectivity index (χ1n) is 13.2. The molecule has 0 unspecified atom stereocenters. The van der Waals surface area contributed by atoms with Crippen LogP contribution in [-0.4, -0.2) is 67.5 Å². The third-order valence-electron chi connectivity index (χ3n) is 6.89. The molecule has 1 fully saturated rings. The SMILES string of the molecule is C=C[C@@H]1CN(c2ccc3ncnc(Nc4ccc(Oc5ccn6ncnc6c5)c(C)c4)c3n2)C(=O)/C1=C/CN(C)C. The number of aromatic nitrogens is 6. The zero-order chi connectivity index (χ0) is 28.5. The molecule has 1 atom stereocenters. The Bertz CT molecular complexity index is 1810. The van der Waals surface area contributed by atoms with Crippen LogP contribution in [0.15, 0.2) is 85.6 Å². The number of likely N-dealkylation sites (N-methyl/N-ethyl adjacent to an activating group) is 1. The highest BCUT2D eigenvalue weighted by Crippen LogP contribution is 2.32. The molecule has 1 aromatic carbocycles. The molecule has 0 bridgehead atoms. The first-order chi connectivity index (χ1) is 19.9. The van der Waals surface area contributed by atoms with Gasteiger partial charge < -0.3 is 15.0 Å². The topological polar surface area (TPSA) is 114 Å². The summed E-state index contributed by atoms with van der Waals surface area (Å²) in [5, 5.41) is 7.47. The molecule has 5 heterocycles. The molecule has 1 saturated heterocycles. The highest BCUT2D eigenvalue weighted by Gasteiger charge is 2.35. The van der Waals surface area contributed by atoms with Crippen molar-refractivity contribution >= 4 is 39.9 Å². The van der Waals surface area contributed by atoms with Crippen LogP contribution in [0.1, 0.15) is 5.56 Å². The number of benzene rings is 1. The molecule has 6 rings (SSSR count). The van der Waals surface area contributed by atoms with E-state index in [1.165, 1.54) is 12.7 Å². The largest absolute Gasteiger partial charge is 0.457 e. The number of fused-ring (bicyclic) bond motifs is 2. The summed E-state index contributed by atoms with van der Waals surface area (Å²) < 4.78 is 7.78. The van der Waals surface area contributed by atoms with Gasteiger partial charge in [-0.3, -0.25) is 9.69 Å². The van der Waals surface area contributed by atoms with E-state index in [-0.39, 0.29) is 11.8 Å². The first-order valence-corrected chi connectivity index (χ1v) is 13.2. The van der Waals surface area contributed by atoms with Crippen molar-refractivity contribution in [3.05, 3.63) is 91.2 Å². The number of ether oxygens (including phenoxy) is 1. The van der Waals surface area contributed by atoms with Crippen LogP contribution < -0.4 is 15.0 Å². The lowest BCUT2D eigenvalue weighted by molar-refractivity contribution is -0.114. The molecule has 1 N–H and O–H groups in total. The number of hydrogen-bond donors (Lipinski definition) is 1. The lowest BCUT2D eigenvalue weighted by atomic mass is 10.0. The van der Waals surface area contributed by atoms with Gasteiger partial charge in [0.15, 0.2) is 11.5 Å². The van der Waals surface area contributed by atoms with E-state index in [4.69, 9.17) is 9.72 Å². The van der Waals surface area contributed by atoms with Gasteiger partial charge >= 0.3 is 0 Å². The molecule has 0 radical (unpaired) electrons. The first kappa shape index (κ1) is 26.1. The Balaban J connectivity index is 1.25. The Kier molecular flexibility index (Phi) is 6.86. The number of rotatable bonds is 8. The summed E-state index contributed by atoms with van der Waals surface area (Å²) in [7, 11) is 3.94. The summed E-state index contributed by atoms with van der Waals surface area (Å²) in [5.74, 6) is 2.34. The number of anilines is 3. The summed E-state index contributed by atoms with van der Waals surface area (Å²) in [5.41, 5.74) is 4.42. The number of nitrogens with one attached hydrogen (secondary N) is 1. The van der Waals surface area contributed by atoms with E-state index in [0.717, 1.165) is 22.6 Å². The summed E-state index contributed by atoms with van der Waals surface area (Å²) in [6, 6.07) is 13.1. The van der Waals surface area contributed by atoms with Gasteiger partial charge in [0.1, 0.15) is 35.5 Å². The Labute approximate surface area is 236 Å². The van der Waals surface area contributed by atoms with Crippen molar-refractivity contribution in [3.8, 4) is 11.5 Å². The Morgan fingerprint density at radius 2 is 2.00 bits per heavy atom. The highest BCUT2D eigenvalue weighted by molar-refractivity contribution is 6.09. The van der Waals surface area contributed by atoms with Crippen LogP contribution in [0, 0.1) is 12.8 Å².